The van der Waals surface area contributed by atoms with Crippen molar-refractivity contribution in [3.8, 4) is 0 Å². The van der Waals surface area contributed by atoms with E-state index in [1.165, 1.54) is 9.99 Å². The Bertz CT molecular complexity index is 961. The number of benzene rings is 2. The standard InChI is InChI=1S/C23H30N4O3S/c28-23(22-12-7-14-27(22)31(29,30)21-10-5-2-6-11-21)24-13-15-25-16-18-26(19-17-25)20-8-3-1-4-9-20/h1-6,8-11,22H,7,12-19H2,(H,24,28). The van der Waals surface area contributed by atoms with Crippen LogP contribution in [0.2, 0.25) is 0 Å². The zero-order chi connectivity index (χ0) is 21.7. The fourth-order valence-corrected chi connectivity index (χ4v) is 6.02. The Labute approximate surface area is 184 Å². The van der Waals surface area contributed by atoms with Gasteiger partial charge < -0.3 is 10.2 Å². The molecule has 2 aromatic carbocycles. The van der Waals surface area contributed by atoms with Crippen LogP contribution in [0.4, 0.5) is 5.69 Å². The lowest BCUT2D eigenvalue weighted by Gasteiger charge is -2.36. The second-order valence-corrected chi connectivity index (χ2v) is 9.93. The summed E-state index contributed by atoms with van der Waals surface area (Å²) in [5.74, 6) is -0.195. The molecule has 2 fully saturated rings. The summed E-state index contributed by atoms with van der Waals surface area (Å²) in [5.41, 5.74) is 1.25. The third-order valence-corrected chi connectivity index (χ3v) is 8.00. The van der Waals surface area contributed by atoms with Crippen molar-refractivity contribution in [2.24, 2.45) is 0 Å². The van der Waals surface area contributed by atoms with Gasteiger partial charge in [0.05, 0.1) is 4.90 Å². The Balaban J connectivity index is 1.25. The van der Waals surface area contributed by atoms with Crippen LogP contribution in [0.3, 0.4) is 0 Å². The van der Waals surface area contributed by atoms with E-state index in [0.717, 1.165) is 32.7 Å². The fourth-order valence-electron chi connectivity index (χ4n) is 4.34. The largest absolute Gasteiger partial charge is 0.369 e. The van der Waals surface area contributed by atoms with E-state index in [9.17, 15) is 13.2 Å². The molecule has 8 heteroatoms. The first kappa shape index (κ1) is 21.8. The van der Waals surface area contributed by atoms with E-state index in [2.05, 4.69) is 39.4 Å². The molecule has 166 valence electrons. The maximum atomic E-state index is 13.0. The quantitative estimate of drug-likeness (QED) is 0.708. The molecule has 1 N–H and O–H groups in total. The van der Waals surface area contributed by atoms with Crippen LogP contribution in [0.5, 0.6) is 0 Å². The number of hydrogen-bond donors (Lipinski definition) is 1. The highest BCUT2D eigenvalue weighted by molar-refractivity contribution is 7.89. The first-order chi connectivity index (χ1) is 15.1. The van der Waals surface area contributed by atoms with Gasteiger partial charge >= 0.3 is 0 Å². The molecule has 2 heterocycles. The van der Waals surface area contributed by atoms with Gasteiger partial charge in [0.1, 0.15) is 6.04 Å². The average molecular weight is 443 g/mol. The van der Waals surface area contributed by atoms with Gasteiger partial charge in [-0.15, -0.1) is 0 Å². The van der Waals surface area contributed by atoms with Crippen LogP contribution >= 0.6 is 0 Å². The predicted molar refractivity (Wildman–Crippen MR) is 121 cm³/mol. The molecule has 4 rings (SSSR count). The van der Waals surface area contributed by atoms with Crippen LogP contribution in [0, 0.1) is 0 Å². The summed E-state index contributed by atoms with van der Waals surface area (Å²) in [7, 11) is -3.65. The van der Waals surface area contributed by atoms with Gasteiger partial charge in [0.15, 0.2) is 0 Å². The topological polar surface area (TPSA) is 73.0 Å². The normalized spacial score (nSPS) is 20.6. The van der Waals surface area contributed by atoms with Gasteiger partial charge in [0, 0.05) is 51.5 Å². The molecule has 7 nitrogen and oxygen atoms in total. The Hall–Kier alpha value is -2.42. The number of carbonyl (C=O) groups is 1. The second-order valence-electron chi connectivity index (χ2n) is 8.04. The Morgan fingerprint density at radius 2 is 1.55 bits per heavy atom. The first-order valence-corrected chi connectivity index (χ1v) is 12.4. The van der Waals surface area contributed by atoms with Crippen molar-refractivity contribution >= 4 is 21.6 Å². The summed E-state index contributed by atoms with van der Waals surface area (Å²) in [5, 5.41) is 2.97. The van der Waals surface area contributed by atoms with Crippen molar-refractivity contribution in [3.63, 3.8) is 0 Å². The van der Waals surface area contributed by atoms with Crippen molar-refractivity contribution in [3.05, 3.63) is 60.7 Å². The summed E-state index contributed by atoms with van der Waals surface area (Å²) in [6, 6.07) is 18.1. The highest BCUT2D eigenvalue weighted by atomic mass is 32.2. The molecule has 0 aliphatic carbocycles. The number of hydrogen-bond acceptors (Lipinski definition) is 5. The van der Waals surface area contributed by atoms with E-state index in [4.69, 9.17) is 0 Å². The van der Waals surface area contributed by atoms with Crippen molar-refractivity contribution in [2.75, 3.05) is 50.7 Å². The van der Waals surface area contributed by atoms with Gasteiger partial charge in [0.2, 0.25) is 15.9 Å². The molecule has 1 atom stereocenters. The minimum absolute atomic E-state index is 0.195. The lowest BCUT2D eigenvalue weighted by molar-refractivity contribution is -0.124. The Morgan fingerprint density at radius 3 is 2.23 bits per heavy atom. The lowest BCUT2D eigenvalue weighted by Crippen LogP contribution is -2.50. The number of carbonyl (C=O) groups excluding carboxylic acids is 1. The van der Waals surface area contributed by atoms with Crippen LogP contribution in [-0.4, -0.2) is 75.4 Å². The van der Waals surface area contributed by atoms with Crippen LogP contribution in [0.25, 0.3) is 0 Å². The number of para-hydroxylation sites is 1. The summed E-state index contributed by atoms with van der Waals surface area (Å²) in [6.45, 7) is 5.50. The smallest absolute Gasteiger partial charge is 0.243 e. The van der Waals surface area contributed by atoms with Crippen molar-refractivity contribution in [1.29, 1.82) is 0 Å². The Kier molecular flexibility index (Phi) is 6.89. The number of nitrogens with one attached hydrogen (secondary N) is 1. The Morgan fingerprint density at radius 1 is 0.903 bits per heavy atom. The van der Waals surface area contributed by atoms with Crippen molar-refractivity contribution in [2.45, 2.75) is 23.8 Å². The van der Waals surface area contributed by atoms with Crippen molar-refractivity contribution < 1.29 is 13.2 Å². The first-order valence-electron chi connectivity index (χ1n) is 10.9. The molecule has 0 saturated carbocycles. The van der Waals surface area contributed by atoms with Gasteiger partial charge in [-0.2, -0.15) is 4.31 Å². The second kappa shape index (κ2) is 9.80. The summed E-state index contributed by atoms with van der Waals surface area (Å²) in [4.78, 5) is 17.7. The fraction of sp³-hybridized carbons (Fsp3) is 0.435. The minimum atomic E-state index is -3.65. The third-order valence-electron chi connectivity index (χ3n) is 6.08. The maximum Gasteiger partial charge on any atom is 0.243 e. The number of sulfonamides is 1. The summed E-state index contributed by atoms with van der Waals surface area (Å²) < 4.78 is 27.3. The van der Waals surface area contributed by atoms with Gasteiger partial charge in [-0.3, -0.25) is 9.69 Å². The SMILES string of the molecule is O=C(NCCN1CCN(c2ccccc2)CC1)C1CCCN1S(=O)(=O)c1ccccc1. The molecule has 2 aliphatic rings. The zero-order valence-corrected chi connectivity index (χ0v) is 18.5. The summed E-state index contributed by atoms with van der Waals surface area (Å²) >= 11 is 0. The van der Waals surface area contributed by atoms with E-state index < -0.39 is 16.1 Å². The molecular weight excluding hydrogens is 412 g/mol. The predicted octanol–water partition coefficient (Wildman–Crippen LogP) is 1.78. The van der Waals surface area contributed by atoms with Crippen LogP contribution in [-0.2, 0) is 14.8 Å². The average Bonchev–Trinajstić information content (AvgIpc) is 3.32. The molecule has 1 unspecified atom stereocenters. The number of nitrogens with zero attached hydrogens (tertiary/aromatic N) is 3. The summed E-state index contributed by atoms with van der Waals surface area (Å²) in [6.07, 6.45) is 1.26. The lowest BCUT2D eigenvalue weighted by atomic mass is 10.2. The molecule has 2 saturated heterocycles. The zero-order valence-electron chi connectivity index (χ0n) is 17.7. The van der Waals surface area contributed by atoms with E-state index in [0.29, 0.717) is 25.9 Å². The number of piperazine rings is 1. The molecule has 2 aromatic rings. The monoisotopic (exact) mass is 442 g/mol. The minimum Gasteiger partial charge on any atom is -0.369 e. The highest BCUT2D eigenvalue weighted by Crippen LogP contribution is 2.26. The van der Waals surface area contributed by atoms with Crippen LogP contribution < -0.4 is 10.2 Å². The van der Waals surface area contributed by atoms with Crippen LogP contribution in [0.15, 0.2) is 65.6 Å². The molecule has 0 spiro atoms. The molecule has 0 radical (unpaired) electrons. The van der Waals surface area contributed by atoms with Gasteiger partial charge in [-0.1, -0.05) is 36.4 Å². The molecule has 0 aromatic heterocycles. The van der Waals surface area contributed by atoms with Gasteiger partial charge in [0.25, 0.3) is 0 Å². The van der Waals surface area contributed by atoms with E-state index in [-0.39, 0.29) is 10.8 Å². The molecule has 31 heavy (non-hydrogen) atoms. The number of amides is 1. The molecule has 0 bridgehead atoms. The number of rotatable bonds is 7. The van der Waals surface area contributed by atoms with Gasteiger partial charge in [-0.05, 0) is 37.1 Å². The van der Waals surface area contributed by atoms with Crippen LogP contribution in [0.1, 0.15) is 12.8 Å². The van der Waals surface area contributed by atoms with E-state index in [1.54, 1.807) is 30.3 Å². The molecular formula is C23H30N4O3S. The van der Waals surface area contributed by atoms with E-state index >= 15 is 0 Å². The van der Waals surface area contributed by atoms with Gasteiger partial charge in [-0.25, -0.2) is 8.42 Å². The third kappa shape index (κ3) is 5.08. The van der Waals surface area contributed by atoms with Crippen molar-refractivity contribution in [1.82, 2.24) is 14.5 Å². The van der Waals surface area contributed by atoms with E-state index in [1.807, 2.05) is 6.07 Å². The maximum absolute atomic E-state index is 13.0. The molecule has 2 aliphatic heterocycles. The molecule has 1 amide bonds. The number of anilines is 1. The highest BCUT2D eigenvalue weighted by Gasteiger charge is 2.39.